The monoisotopic (exact) mass is 244 g/mol. The Kier molecular flexibility index (Phi) is 2.54. The number of nitrogens with one attached hydrogen (secondary N) is 2. The molecule has 1 heterocycles. The Labute approximate surface area is 95.5 Å². The number of carbonyl (C=O) groups excluding carboxylic acids is 2. The molecule has 0 unspecified atom stereocenters. The van der Waals surface area contributed by atoms with E-state index in [1.807, 2.05) is 0 Å². The topological polar surface area (TPSA) is 58.2 Å². The normalized spacial score (nSPS) is 20.0. The summed E-state index contributed by atoms with van der Waals surface area (Å²) in [6.07, 6.45) is 0. The molecule has 1 atom stereocenters. The van der Waals surface area contributed by atoms with Crippen LogP contribution in [0.3, 0.4) is 0 Å². The lowest BCUT2D eigenvalue weighted by Crippen LogP contribution is -2.22. The zero-order valence-electron chi connectivity index (χ0n) is 7.38. The van der Waals surface area contributed by atoms with Crippen molar-refractivity contribution in [1.82, 2.24) is 10.6 Å². The molecule has 78 valence electrons. The highest BCUT2D eigenvalue weighted by Crippen LogP contribution is 2.27. The molecule has 2 rings (SSSR count). The molecule has 0 aliphatic carbocycles. The summed E-state index contributed by atoms with van der Waals surface area (Å²) in [5.41, 5.74) is 0.532. The van der Waals surface area contributed by atoms with E-state index in [1.54, 1.807) is 12.1 Å². The summed E-state index contributed by atoms with van der Waals surface area (Å²) in [7, 11) is 0. The van der Waals surface area contributed by atoms with Crippen LogP contribution in [0.4, 0.5) is 4.79 Å². The fourth-order valence-corrected chi connectivity index (χ4v) is 1.89. The van der Waals surface area contributed by atoms with Crippen molar-refractivity contribution in [2.24, 2.45) is 0 Å². The molecule has 1 saturated heterocycles. The van der Waals surface area contributed by atoms with E-state index >= 15 is 0 Å². The molecule has 2 N–H and O–H groups in total. The maximum atomic E-state index is 11.3. The van der Waals surface area contributed by atoms with Gasteiger partial charge in [0, 0.05) is 15.6 Å². The zero-order chi connectivity index (χ0) is 11.0. The molecular weight excluding hydrogens is 239 g/mol. The van der Waals surface area contributed by atoms with Gasteiger partial charge in [0.2, 0.25) is 0 Å². The maximum absolute atomic E-state index is 11.3. The van der Waals surface area contributed by atoms with Gasteiger partial charge in [-0.25, -0.2) is 4.79 Å². The molecule has 0 spiro atoms. The third-order valence-corrected chi connectivity index (χ3v) is 2.61. The number of halogens is 2. The molecule has 1 aromatic rings. The van der Waals surface area contributed by atoms with Crippen molar-refractivity contribution in [1.29, 1.82) is 0 Å². The number of benzene rings is 1. The Balaban J connectivity index is 2.38. The highest BCUT2D eigenvalue weighted by molar-refractivity contribution is 6.35. The van der Waals surface area contributed by atoms with Gasteiger partial charge in [0.05, 0.1) is 0 Å². The smallest absolute Gasteiger partial charge is 0.322 e. The van der Waals surface area contributed by atoms with Crippen LogP contribution in [0.1, 0.15) is 11.6 Å². The fourth-order valence-electron chi connectivity index (χ4n) is 1.37. The quantitative estimate of drug-likeness (QED) is 0.742. The number of hydrogen-bond donors (Lipinski definition) is 2. The van der Waals surface area contributed by atoms with Crippen molar-refractivity contribution >= 4 is 35.1 Å². The third kappa shape index (κ3) is 1.91. The van der Waals surface area contributed by atoms with E-state index in [0.29, 0.717) is 15.6 Å². The second-order valence-corrected chi connectivity index (χ2v) is 3.91. The van der Waals surface area contributed by atoms with Crippen molar-refractivity contribution in [3.05, 3.63) is 33.8 Å². The third-order valence-electron chi connectivity index (χ3n) is 2.05. The van der Waals surface area contributed by atoms with E-state index in [4.69, 9.17) is 23.2 Å². The molecule has 15 heavy (non-hydrogen) atoms. The molecule has 1 aromatic carbocycles. The van der Waals surface area contributed by atoms with Gasteiger partial charge in [-0.2, -0.15) is 0 Å². The van der Waals surface area contributed by atoms with Crippen LogP contribution in [0.25, 0.3) is 0 Å². The van der Waals surface area contributed by atoms with Crippen LogP contribution in [0.15, 0.2) is 18.2 Å². The summed E-state index contributed by atoms with van der Waals surface area (Å²) >= 11 is 11.6. The first-order valence-corrected chi connectivity index (χ1v) is 4.90. The van der Waals surface area contributed by atoms with Gasteiger partial charge < -0.3 is 5.32 Å². The first-order chi connectivity index (χ1) is 7.08. The first-order valence-electron chi connectivity index (χ1n) is 4.14. The largest absolute Gasteiger partial charge is 0.322 e. The van der Waals surface area contributed by atoms with Gasteiger partial charge in [0.1, 0.15) is 6.04 Å². The van der Waals surface area contributed by atoms with Crippen molar-refractivity contribution in [3.63, 3.8) is 0 Å². The number of hydrogen-bond acceptors (Lipinski definition) is 2. The van der Waals surface area contributed by atoms with Crippen molar-refractivity contribution in [2.45, 2.75) is 6.04 Å². The van der Waals surface area contributed by atoms with Crippen LogP contribution in [0, 0.1) is 0 Å². The highest BCUT2D eigenvalue weighted by atomic mass is 35.5. The Morgan fingerprint density at radius 1 is 1.20 bits per heavy atom. The molecule has 1 fully saturated rings. The molecular formula is C9H6Cl2N2O2. The molecule has 4 nitrogen and oxygen atoms in total. The fraction of sp³-hybridized carbons (Fsp3) is 0.111. The Morgan fingerprint density at radius 2 is 1.93 bits per heavy atom. The molecule has 6 heteroatoms. The average Bonchev–Trinajstić information content (AvgIpc) is 2.45. The minimum absolute atomic E-state index is 0.352. The second-order valence-electron chi connectivity index (χ2n) is 3.06. The van der Waals surface area contributed by atoms with Gasteiger partial charge in [-0.05, 0) is 12.1 Å². The number of rotatable bonds is 1. The van der Waals surface area contributed by atoms with Crippen LogP contribution in [0.5, 0.6) is 0 Å². The van der Waals surface area contributed by atoms with Gasteiger partial charge in [0.15, 0.2) is 0 Å². The van der Waals surface area contributed by atoms with E-state index in [-0.39, 0.29) is 0 Å². The number of carbonyl (C=O) groups is 2. The Hall–Kier alpha value is -1.26. The van der Waals surface area contributed by atoms with E-state index in [2.05, 4.69) is 10.6 Å². The maximum Gasteiger partial charge on any atom is 0.322 e. The van der Waals surface area contributed by atoms with Crippen LogP contribution in [0.2, 0.25) is 10.0 Å². The first kappa shape index (κ1) is 10.3. The number of amides is 3. The summed E-state index contributed by atoms with van der Waals surface area (Å²) in [6, 6.07) is 3.50. The van der Waals surface area contributed by atoms with Crippen LogP contribution in [-0.2, 0) is 4.79 Å². The predicted octanol–water partition coefficient (Wildman–Crippen LogP) is 1.87. The molecule has 1 aliphatic rings. The van der Waals surface area contributed by atoms with Gasteiger partial charge in [-0.15, -0.1) is 0 Å². The molecule has 3 amide bonds. The van der Waals surface area contributed by atoms with E-state index in [9.17, 15) is 9.59 Å². The SMILES string of the molecule is O=C1NC(=O)[C@@H](c2ccc(Cl)cc2Cl)N1. The Morgan fingerprint density at radius 3 is 2.47 bits per heavy atom. The number of imide groups is 1. The zero-order valence-corrected chi connectivity index (χ0v) is 8.89. The minimum Gasteiger partial charge on any atom is -0.322 e. The lowest BCUT2D eigenvalue weighted by Gasteiger charge is -2.09. The van der Waals surface area contributed by atoms with Crippen molar-refractivity contribution in [2.75, 3.05) is 0 Å². The summed E-state index contributed by atoms with van der Waals surface area (Å²) in [4.78, 5) is 22.2. The van der Waals surface area contributed by atoms with Gasteiger partial charge in [-0.1, -0.05) is 29.3 Å². The highest BCUT2D eigenvalue weighted by Gasteiger charge is 2.32. The summed E-state index contributed by atoms with van der Waals surface area (Å²) in [5, 5.41) is 5.41. The van der Waals surface area contributed by atoms with Gasteiger partial charge in [-0.3, -0.25) is 10.1 Å². The Bertz CT molecular complexity index is 448. The van der Waals surface area contributed by atoms with E-state index in [0.717, 1.165) is 0 Å². The number of urea groups is 1. The molecule has 1 aliphatic heterocycles. The van der Waals surface area contributed by atoms with Crippen molar-refractivity contribution in [3.8, 4) is 0 Å². The second kappa shape index (κ2) is 3.72. The van der Waals surface area contributed by atoms with Crippen LogP contribution in [-0.4, -0.2) is 11.9 Å². The predicted molar refractivity (Wildman–Crippen MR) is 55.9 cm³/mol. The molecule has 0 saturated carbocycles. The molecule has 0 aromatic heterocycles. The van der Waals surface area contributed by atoms with E-state index in [1.165, 1.54) is 6.07 Å². The van der Waals surface area contributed by atoms with Gasteiger partial charge in [0.25, 0.3) is 5.91 Å². The molecule has 0 radical (unpaired) electrons. The van der Waals surface area contributed by atoms with Crippen LogP contribution >= 0.6 is 23.2 Å². The van der Waals surface area contributed by atoms with E-state index < -0.39 is 18.0 Å². The van der Waals surface area contributed by atoms with Crippen LogP contribution < -0.4 is 10.6 Å². The average molecular weight is 245 g/mol. The summed E-state index contributed by atoms with van der Waals surface area (Å²) < 4.78 is 0. The summed E-state index contributed by atoms with van der Waals surface area (Å²) in [5.74, 6) is -0.413. The lowest BCUT2D eigenvalue weighted by atomic mass is 10.1. The van der Waals surface area contributed by atoms with Gasteiger partial charge >= 0.3 is 6.03 Å². The van der Waals surface area contributed by atoms with Crippen molar-refractivity contribution < 1.29 is 9.59 Å². The lowest BCUT2D eigenvalue weighted by molar-refractivity contribution is -0.120. The standard InChI is InChI=1S/C9H6Cl2N2O2/c10-4-1-2-5(6(11)3-4)7-8(14)13-9(15)12-7/h1-3,7H,(H2,12,13,14,15)/t7-/m1/s1. The minimum atomic E-state index is -0.734. The summed E-state index contributed by atoms with van der Waals surface area (Å²) in [6.45, 7) is 0. The molecule has 0 bridgehead atoms.